The van der Waals surface area contributed by atoms with Crippen LogP contribution in [0.5, 0.6) is 0 Å². The molecular formula is C15H12Cl2N2S. The molecule has 0 amide bonds. The minimum absolute atomic E-state index is 0.168. The first-order valence-electron chi connectivity index (χ1n) is 6.23. The molecule has 0 bridgehead atoms. The van der Waals surface area contributed by atoms with Gasteiger partial charge in [-0.1, -0.05) is 35.3 Å². The predicted molar refractivity (Wildman–Crippen MR) is 88.7 cm³/mol. The fourth-order valence-electron chi connectivity index (χ4n) is 2.35. The topological polar surface area (TPSA) is 15.3 Å². The number of halogens is 2. The highest BCUT2D eigenvalue weighted by molar-refractivity contribution is 7.80. The van der Waals surface area contributed by atoms with Crippen molar-refractivity contribution in [1.82, 2.24) is 5.32 Å². The second kappa shape index (κ2) is 5.60. The monoisotopic (exact) mass is 322 g/mol. The molecule has 1 N–H and O–H groups in total. The largest absolute Gasteiger partial charge is 0.360 e. The van der Waals surface area contributed by atoms with Crippen LogP contribution in [0, 0.1) is 0 Å². The van der Waals surface area contributed by atoms with E-state index in [2.05, 4.69) is 10.2 Å². The molecule has 1 saturated heterocycles. The molecule has 1 aliphatic rings. The Hall–Kier alpha value is -1.29. The van der Waals surface area contributed by atoms with Gasteiger partial charge in [0.1, 0.15) is 0 Å². The van der Waals surface area contributed by atoms with Gasteiger partial charge in [0, 0.05) is 22.3 Å². The van der Waals surface area contributed by atoms with Crippen molar-refractivity contribution in [2.75, 3.05) is 11.4 Å². The quantitative estimate of drug-likeness (QED) is 0.823. The number of hydrogen-bond donors (Lipinski definition) is 1. The predicted octanol–water partition coefficient (Wildman–Crippen LogP) is 4.43. The molecule has 5 heteroatoms. The fourth-order valence-corrected chi connectivity index (χ4v) is 2.92. The summed E-state index contributed by atoms with van der Waals surface area (Å²) in [6.07, 6.45) is 0. The van der Waals surface area contributed by atoms with Crippen LogP contribution in [0.1, 0.15) is 11.6 Å². The lowest BCUT2D eigenvalue weighted by Gasteiger charge is -2.25. The second-order valence-electron chi connectivity index (χ2n) is 4.60. The molecule has 102 valence electrons. The molecule has 0 spiro atoms. The van der Waals surface area contributed by atoms with Crippen molar-refractivity contribution in [1.29, 1.82) is 0 Å². The van der Waals surface area contributed by atoms with Gasteiger partial charge in [-0.2, -0.15) is 0 Å². The van der Waals surface area contributed by atoms with E-state index in [1.54, 1.807) is 0 Å². The lowest BCUT2D eigenvalue weighted by molar-refractivity contribution is 0.757. The summed E-state index contributed by atoms with van der Waals surface area (Å²) < 4.78 is 0. The zero-order valence-electron chi connectivity index (χ0n) is 10.5. The van der Waals surface area contributed by atoms with Crippen molar-refractivity contribution in [3.05, 3.63) is 64.1 Å². The molecule has 1 unspecified atom stereocenters. The fraction of sp³-hybridized carbons (Fsp3) is 0.133. The van der Waals surface area contributed by atoms with Gasteiger partial charge in [0.25, 0.3) is 0 Å². The Morgan fingerprint density at radius 1 is 0.950 bits per heavy atom. The average molecular weight is 323 g/mol. The zero-order chi connectivity index (χ0) is 14.1. The molecule has 0 saturated carbocycles. The molecule has 1 fully saturated rings. The van der Waals surface area contributed by atoms with E-state index >= 15 is 0 Å². The van der Waals surface area contributed by atoms with Gasteiger partial charge >= 0.3 is 0 Å². The van der Waals surface area contributed by atoms with Crippen molar-refractivity contribution in [2.24, 2.45) is 0 Å². The molecule has 0 aromatic heterocycles. The van der Waals surface area contributed by atoms with Crippen LogP contribution in [-0.2, 0) is 0 Å². The molecule has 20 heavy (non-hydrogen) atoms. The van der Waals surface area contributed by atoms with E-state index < -0.39 is 0 Å². The molecule has 1 heterocycles. The summed E-state index contributed by atoms with van der Waals surface area (Å²) in [5.74, 6) is 0. The molecule has 1 aliphatic heterocycles. The zero-order valence-corrected chi connectivity index (χ0v) is 12.8. The molecule has 3 rings (SSSR count). The van der Waals surface area contributed by atoms with Crippen LogP contribution >= 0.6 is 35.4 Å². The van der Waals surface area contributed by atoms with Gasteiger partial charge in [-0.25, -0.2) is 0 Å². The third kappa shape index (κ3) is 2.62. The first-order valence-corrected chi connectivity index (χ1v) is 7.39. The summed E-state index contributed by atoms with van der Waals surface area (Å²) in [6.45, 7) is 0.781. The standard InChI is InChI=1S/C15H12Cl2N2S/c16-11-3-1-10(2-4-11)14-9-18-15(20)19(14)13-7-5-12(17)6-8-13/h1-8,14H,9H2,(H,18,20). The number of hydrogen-bond acceptors (Lipinski definition) is 1. The second-order valence-corrected chi connectivity index (χ2v) is 5.86. The number of thiocarbonyl (C=S) groups is 1. The maximum absolute atomic E-state index is 5.95. The summed E-state index contributed by atoms with van der Waals surface area (Å²) in [7, 11) is 0. The number of nitrogens with one attached hydrogen (secondary N) is 1. The summed E-state index contributed by atoms with van der Waals surface area (Å²) in [5.41, 5.74) is 2.21. The first-order chi connectivity index (χ1) is 9.65. The molecule has 2 aromatic rings. The number of benzene rings is 2. The summed E-state index contributed by atoms with van der Waals surface area (Å²) in [4.78, 5) is 2.11. The van der Waals surface area contributed by atoms with Crippen LogP contribution in [0.15, 0.2) is 48.5 Å². The van der Waals surface area contributed by atoms with Gasteiger partial charge in [0.05, 0.1) is 6.04 Å². The number of nitrogens with zero attached hydrogens (tertiary/aromatic N) is 1. The Balaban J connectivity index is 1.96. The third-order valence-electron chi connectivity index (χ3n) is 3.34. The van der Waals surface area contributed by atoms with Crippen molar-refractivity contribution < 1.29 is 0 Å². The van der Waals surface area contributed by atoms with Gasteiger partial charge < -0.3 is 10.2 Å². The lowest BCUT2D eigenvalue weighted by Crippen LogP contribution is -2.29. The molecule has 0 aliphatic carbocycles. The normalized spacial score (nSPS) is 18.2. The van der Waals surface area contributed by atoms with E-state index in [1.807, 2.05) is 48.5 Å². The smallest absolute Gasteiger partial charge is 0.174 e. The highest BCUT2D eigenvalue weighted by Crippen LogP contribution is 2.31. The average Bonchev–Trinajstić information content (AvgIpc) is 2.83. The third-order valence-corrected chi connectivity index (χ3v) is 4.18. The van der Waals surface area contributed by atoms with Crippen LogP contribution in [0.2, 0.25) is 10.0 Å². The van der Waals surface area contributed by atoms with Gasteiger partial charge in [-0.3, -0.25) is 0 Å². The summed E-state index contributed by atoms with van der Waals surface area (Å²) in [6, 6.07) is 15.7. The molecular weight excluding hydrogens is 311 g/mol. The van der Waals surface area contributed by atoms with E-state index in [0.29, 0.717) is 0 Å². The van der Waals surface area contributed by atoms with Gasteiger partial charge in [0.15, 0.2) is 5.11 Å². The maximum Gasteiger partial charge on any atom is 0.174 e. The Kier molecular flexibility index (Phi) is 3.83. The van der Waals surface area contributed by atoms with Gasteiger partial charge in [-0.15, -0.1) is 0 Å². The summed E-state index contributed by atoms with van der Waals surface area (Å²) >= 11 is 17.3. The van der Waals surface area contributed by atoms with Gasteiger partial charge in [-0.05, 0) is 54.2 Å². The number of rotatable bonds is 2. The lowest BCUT2D eigenvalue weighted by atomic mass is 10.1. The number of anilines is 1. The van der Waals surface area contributed by atoms with E-state index in [9.17, 15) is 0 Å². The van der Waals surface area contributed by atoms with Crippen LogP contribution in [0.4, 0.5) is 5.69 Å². The van der Waals surface area contributed by atoms with Crippen molar-refractivity contribution in [3.63, 3.8) is 0 Å². The Labute approximate surface area is 133 Å². The maximum atomic E-state index is 5.95. The SMILES string of the molecule is S=C1NCC(c2ccc(Cl)cc2)N1c1ccc(Cl)cc1. The first kappa shape index (κ1) is 13.7. The van der Waals surface area contributed by atoms with E-state index in [1.165, 1.54) is 5.56 Å². The summed E-state index contributed by atoms with van der Waals surface area (Å²) in [5, 5.41) is 5.42. The van der Waals surface area contributed by atoms with Crippen LogP contribution in [-0.4, -0.2) is 11.7 Å². The molecule has 1 atom stereocenters. The van der Waals surface area contributed by atoms with E-state index in [0.717, 1.165) is 27.4 Å². The van der Waals surface area contributed by atoms with Gasteiger partial charge in [0.2, 0.25) is 0 Å². The van der Waals surface area contributed by atoms with Crippen LogP contribution in [0.3, 0.4) is 0 Å². The highest BCUT2D eigenvalue weighted by Gasteiger charge is 2.30. The molecule has 2 aromatic carbocycles. The van der Waals surface area contributed by atoms with Crippen LogP contribution in [0.25, 0.3) is 0 Å². The molecule has 2 nitrogen and oxygen atoms in total. The Morgan fingerprint density at radius 2 is 1.50 bits per heavy atom. The minimum atomic E-state index is 0.168. The van der Waals surface area contributed by atoms with Crippen molar-refractivity contribution in [2.45, 2.75) is 6.04 Å². The van der Waals surface area contributed by atoms with Crippen LogP contribution < -0.4 is 10.2 Å². The van der Waals surface area contributed by atoms with E-state index in [-0.39, 0.29) is 6.04 Å². The Morgan fingerprint density at radius 3 is 2.10 bits per heavy atom. The van der Waals surface area contributed by atoms with Crippen molar-refractivity contribution >= 4 is 46.2 Å². The highest BCUT2D eigenvalue weighted by atomic mass is 35.5. The minimum Gasteiger partial charge on any atom is -0.360 e. The van der Waals surface area contributed by atoms with E-state index in [4.69, 9.17) is 35.4 Å². The Bertz CT molecular complexity index is 625. The molecule has 0 radical (unpaired) electrons. The van der Waals surface area contributed by atoms with Crippen molar-refractivity contribution in [3.8, 4) is 0 Å².